The lowest BCUT2D eigenvalue weighted by Crippen LogP contribution is -2.07. The smallest absolute Gasteiger partial charge is 0.0952 e. The monoisotopic (exact) mass is 201 g/mol. The summed E-state index contributed by atoms with van der Waals surface area (Å²) in [6.45, 7) is 0.797. The van der Waals surface area contributed by atoms with Crippen molar-refractivity contribution in [2.24, 2.45) is 7.05 Å². The first-order chi connectivity index (χ1) is 7.33. The van der Waals surface area contributed by atoms with Gasteiger partial charge in [-0.15, -0.1) is 0 Å². The van der Waals surface area contributed by atoms with Crippen LogP contribution in [0.2, 0.25) is 0 Å². The third-order valence-electron chi connectivity index (χ3n) is 2.40. The van der Waals surface area contributed by atoms with Gasteiger partial charge in [-0.1, -0.05) is 30.3 Å². The average Bonchev–Trinajstić information content (AvgIpc) is 2.62. The van der Waals surface area contributed by atoms with E-state index in [0.717, 1.165) is 12.2 Å². The number of nitrogens with one attached hydrogen (secondary N) is 1. The SMILES string of the molecule is CNCc1ncn(C)c1-c1ccccc1. The Balaban J connectivity index is 2.47. The van der Waals surface area contributed by atoms with E-state index in [4.69, 9.17) is 0 Å². The molecule has 2 rings (SSSR count). The number of nitrogens with zero attached hydrogens (tertiary/aromatic N) is 2. The molecule has 78 valence electrons. The normalized spacial score (nSPS) is 10.5. The number of hydrogen-bond donors (Lipinski definition) is 1. The van der Waals surface area contributed by atoms with Crippen molar-refractivity contribution in [3.8, 4) is 11.3 Å². The molecular weight excluding hydrogens is 186 g/mol. The molecule has 0 fully saturated rings. The first kappa shape index (κ1) is 9.93. The summed E-state index contributed by atoms with van der Waals surface area (Å²) in [6.07, 6.45) is 1.86. The van der Waals surface area contributed by atoms with Crippen molar-refractivity contribution < 1.29 is 0 Å². The lowest BCUT2D eigenvalue weighted by molar-refractivity contribution is 0.797. The lowest BCUT2D eigenvalue weighted by atomic mass is 10.1. The molecule has 1 aromatic heterocycles. The molecule has 1 heterocycles. The third kappa shape index (κ3) is 1.92. The molecule has 0 bridgehead atoms. The van der Waals surface area contributed by atoms with Crippen LogP contribution in [0.5, 0.6) is 0 Å². The van der Waals surface area contributed by atoms with E-state index in [1.165, 1.54) is 11.3 Å². The maximum absolute atomic E-state index is 4.38. The van der Waals surface area contributed by atoms with Gasteiger partial charge in [-0.05, 0) is 7.05 Å². The molecule has 0 aliphatic heterocycles. The zero-order chi connectivity index (χ0) is 10.7. The van der Waals surface area contributed by atoms with E-state index in [-0.39, 0.29) is 0 Å². The van der Waals surface area contributed by atoms with E-state index in [1.54, 1.807) is 0 Å². The Kier molecular flexibility index (Phi) is 2.83. The van der Waals surface area contributed by atoms with Crippen LogP contribution >= 0.6 is 0 Å². The van der Waals surface area contributed by atoms with Crippen molar-refractivity contribution in [3.05, 3.63) is 42.4 Å². The molecule has 0 saturated carbocycles. The van der Waals surface area contributed by atoms with Crippen LogP contribution in [0, 0.1) is 0 Å². The zero-order valence-electron chi connectivity index (χ0n) is 9.07. The van der Waals surface area contributed by atoms with Gasteiger partial charge in [0.2, 0.25) is 0 Å². The van der Waals surface area contributed by atoms with E-state index in [1.807, 2.05) is 38.6 Å². The third-order valence-corrected chi connectivity index (χ3v) is 2.40. The second-order valence-corrected chi connectivity index (χ2v) is 3.55. The van der Waals surface area contributed by atoms with Gasteiger partial charge in [0.25, 0.3) is 0 Å². The van der Waals surface area contributed by atoms with Crippen molar-refractivity contribution in [2.75, 3.05) is 7.05 Å². The summed E-state index contributed by atoms with van der Waals surface area (Å²) in [5.74, 6) is 0. The van der Waals surface area contributed by atoms with Crippen LogP contribution < -0.4 is 5.32 Å². The first-order valence-electron chi connectivity index (χ1n) is 5.03. The Morgan fingerprint density at radius 2 is 2.00 bits per heavy atom. The Morgan fingerprint density at radius 3 is 2.67 bits per heavy atom. The number of hydrogen-bond acceptors (Lipinski definition) is 2. The maximum atomic E-state index is 4.38. The van der Waals surface area contributed by atoms with Crippen LogP contribution in [0.25, 0.3) is 11.3 Å². The molecule has 3 heteroatoms. The molecule has 3 nitrogen and oxygen atoms in total. The summed E-state index contributed by atoms with van der Waals surface area (Å²) >= 11 is 0. The largest absolute Gasteiger partial charge is 0.333 e. The van der Waals surface area contributed by atoms with Gasteiger partial charge in [-0.25, -0.2) is 4.98 Å². The minimum Gasteiger partial charge on any atom is -0.333 e. The average molecular weight is 201 g/mol. The molecule has 2 aromatic rings. The van der Waals surface area contributed by atoms with Gasteiger partial charge in [-0.3, -0.25) is 0 Å². The van der Waals surface area contributed by atoms with Crippen LogP contribution in [0.3, 0.4) is 0 Å². The summed E-state index contributed by atoms with van der Waals surface area (Å²) in [5, 5.41) is 3.13. The van der Waals surface area contributed by atoms with Gasteiger partial charge in [-0.2, -0.15) is 0 Å². The molecule has 1 N–H and O–H groups in total. The van der Waals surface area contributed by atoms with Crippen LogP contribution in [-0.2, 0) is 13.6 Å². The van der Waals surface area contributed by atoms with Crippen molar-refractivity contribution in [1.82, 2.24) is 14.9 Å². The molecule has 0 aliphatic rings. The molecule has 0 spiro atoms. The second-order valence-electron chi connectivity index (χ2n) is 3.55. The number of imidazole rings is 1. The van der Waals surface area contributed by atoms with E-state index in [2.05, 4.69) is 27.0 Å². The Morgan fingerprint density at radius 1 is 1.27 bits per heavy atom. The van der Waals surface area contributed by atoms with Crippen molar-refractivity contribution >= 4 is 0 Å². The molecular formula is C12H15N3. The molecule has 1 aromatic carbocycles. The number of aromatic nitrogens is 2. The summed E-state index contributed by atoms with van der Waals surface area (Å²) in [5.41, 5.74) is 3.49. The lowest BCUT2D eigenvalue weighted by Gasteiger charge is -2.05. The number of rotatable bonds is 3. The fourth-order valence-electron chi connectivity index (χ4n) is 1.74. The van der Waals surface area contributed by atoms with E-state index >= 15 is 0 Å². The highest BCUT2D eigenvalue weighted by atomic mass is 15.0. The topological polar surface area (TPSA) is 29.9 Å². The Labute approximate surface area is 89.8 Å². The predicted octanol–water partition coefficient (Wildman–Crippen LogP) is 1.81. The van der Waals surface area contributed by atoms with Crippen LogP contribution in [-0.4, -0.2) is 16.6 Å². The maximum Gasteiger partial charge on any atom is 0.0952 e. The Bertz CT molecular complexity index is 431. The molecule has 0 saturated heterocycles. The fourth-order valence-corrected chi connectivity index (χ4v) is 1.74. The highest BCUT2D eigenvalue weighted by Gasteiger charge is 2.09. The van der Waals surface area contributed by atoms with Crippen molar-refractivity contribution in [3.63, 3.8) is 0 Å². The van der Waals surface area contributed by atoms with E-state index < -0.39 is 0 Å². The molecule has 0 aliphatic carbocycles. The molecule has 0 amide bonds. The van der Waals surface area contributed by atoms with Crippen molar-refractivity contribution in [1.29, 1.82) is 0 Å². The summed E-state index contributed by atoms with van der Waals surface area (Å²) in [4.78, 5) is 4.38. The van der Waals surface area contributed by atoms with E-state index in [0.29, 0.717) is 0 Å². The van der Waals surface area contributed by atoms with Gasteiger partial charge in [0.15, 0.2) is 0 Å². The van der Waals surface area contributed by atoms with Gasteiger partial charge in [0.1, 0.15) is 0 Å². The van der Waals surface area contributed by atoms with Gasteiger partial charge >= 0.3 is 0 Å². The number of aryl methyl sites for hydroxylation is 1. The highest BCUT2D eigenvalue weighted by molar-refractivity contribution is 5.62. The minimum absolute atomic E-state index is 0.797. The fraction of sp³-hybridized carbons (Fsp3) is 0.250. The second kappa shape index (κ2) is 4.28. The van der Waals surface area contributed by atoms with Gasteiger partial charge in [0, 0.05) is 19.2 Å². The van der Waals surface area contributed by atoms with Crippen molar-refractivity contribution in [2.45, 2.75) is 6.54 Å². The van der Waals surface area contributed by atoms with Gasteiger partial charge in [0.05, 0.1) is 17.7 Å². The molecule has 0 radical (unpaired) electrons. The zero-order valence-corrected chi connectivity index (χ0v) is 9.07. The molecule has 0 atom stereocenters. The quantitative estimate of drug-likeness (QED) is 0.820. The Hall–Kier alpha value is -1.61. The first-order valence-corrected chi connectivity index (χ1v) is 5.03. The van der Waals surface area contributed by atoms with Crippen LogP contribution in [0.4, 0.5) is 0 Å². The van der Waals surface area contributed by atoms with Gasteiger partial charge < -0.3 is 9.88 Å². The molecule has 0 unspecified atom stereocenters. The van der Waals surface area contributed by atoms with E-state index in [9.17, 15) is 0 Å². The standard InChI is InChI=1S/C12H15N3/c1-13-8-11-12(15(2)9-14-11)10-6-4-3-5-7-10/h3-7,9,13H,8H2,1-2H3. The van der Waals surface area contributed by atoms with Crippen LogP contribution in [0.1, 0.15) is 5.69 Å². The molecule has 15 heavy (non-hydrogen) atoms. The summed E-state index contributed by atoms with van der Waals surface area (Å²) in [7, 11) is 3.96. The van der Waals surface area contributed by atoms with Crippen LogP contribution in [0.15, 0.2) is 36.7 Å². The predicted molar refractivity (Wildman–Crippen MR) is 61.4 cm³/mol. The highest BCUT2D eigenvalue weighted by Crippen LogP contribution is 2.21. The minimum atomic E-state index is 0.797. The summed E-state index contributed by atoms with van der Waals surface area (Å²) < 4.78 is 2.06. The number of benzene rings is 1. The summed E-state index contributed by atoms with van der Waals surface area (Å²) in [6, 6.07) is 10.3.